The maximum atomic E-state index is 12.7. The molecule has 6 heteroatoms. The van der Waals surface area contributed by atoms with Crippen molar-refractivity contribution in [2.75, 3.05) is 0 Å². The summed E-state index contributed by atoms with van der Waals surface area (Å²) in [5.41, 5.74) is -0.0107. The standard InChI is InChI=1S/C14H19NO4S/c1-10-5-3-6-11(2)15(10)20(18,19)13-8-4-7-12(9-13)14(16)17/h4,7-11H,3,5-6H2,1-2H3,(H,16,17). The molecule has 5 nitrogen and oxygen atoms in total. The number of sulfonamides is 1. The number of hydrogen-bond donors (Lipinski definition) is 1. The van der Waals surface area contributed by atoms with Gasteiger partial charge in [0.15, 0.2) is 0 Å². The summed E-state index contributed by atoms with van der Waals surface area (Å²) in [5.74, 6) is -1.12. The van der Waals surface area contributed by atoms with Gasteiger partial charge >= 0.3 is 5.97 Å². The van der Waals surface area contributed by atoms with Gasteiger partial charge in [-0.3, -0.25) is 0 Å². The molecule has 0 bridgehead atoms. The average Bonchev–Trinajstić information content (AvgIpc) is 2.38. The Morgan fingerprint density at radius 2 is 1.85 bits per heavy atom. The summed E-state index contributed by atoms with van der Waals surface area (Å²) < 4.78 is 26.9. The van der Waals surface area contributed by atoms with Crippen LogP contribution < -0.4 is 0 Å². The molecule has 0 aliphatic carbocycles. The molecular weight excluding hydrogens is 278 g/mol. The van der Waals surface area contributed by atoms with Crippen molar-refractivity contribution >= 4 is 16.0 Å². The first kappa shape index (κ1) is 15.0. The zero-order valence-electron chi connectivity index (χ0n) is 11.6. The monoisotopic (exact) mass is 297 g/mol. The van der Waals surface area contributed by atoms with Gasteiger partial charge in [-0.25, -0.2) is 13.2 Å². The molecule has 1 heterocycles. The maximum absolute atomic E-state index is 12.7. The van der Waals surface area contributed by atoms with Gasteiger partial charge in [0, 0.05) is 12.1 Å². The Kier molecular flexibility index (Phi) is 4.15. The van der Waals surface area contributed by atoms with Crippen LogP contribution >= 0.6 is 0 Å². The quantitative estimate of drug-likeness (QED) is 0.929. The number of benzene rings is 1. The molecule has 1 aromatic carbocycles. The lowest BCUT2D eigenvalue weighted by atomic mass is 10.0. The second kappa shape index (κ2) is 5.54. The van der Waals surface area contributed by atoms with Gasteiger partial charge in [0.05, 0.1) is 10.5 Å². The molecule has 1 saturated heterocycles. The molecule has 0 amide bonds. The van der Waals surface area contributed by atoms with E-state index in [4.69, 9.17) is 5.11 Å². The van der Waals surface area contributed by atoms with E-state index in [1.165, 1.54) is 28.6 Å². The van der Waals surface area contributed by atoms with Crippen molar-refractivity contribution in [3.05, 3.63) is 29.8 Å². The molecule has 110 valence electrons. The van der Waals surface area contributed by atoms with Gasteiger partial charge in [0.2, 0.25) is 10.0 Å². The molecule has 1 N–H and O–H groups in total. The number of hydrogen-bond acceptors (Lipinski definition) is 3. The van der Waals surface area contributed by atoms with Crippen molar-refractivity contribution in [2.45, 2.75) is 50.1 Å². The smallest absolute Gasteiger partial charge is 0.335 e. The first-order valence-electron chi connectivity index (χ1n) is 6.71. The fourth-order valence-corrected chi connectivity index (χ4v) is 4.71. The fraction of sp³-hybridized carbons (Fsp3) is 0.500. The number of carboxylic acid groups (broad SMARTS) is 1. The molecule has 2 rings (SSSR count). The molecule has 1 aliphatic rings. The molecular formula is C14H19NO4S. The second-order valence-electron chi connectivity index (χ2n) is 5.30. The Bertz CT molecular complexity index is 601. The summed E-state index contributed by atoms with van der Waals surface area (Å²) in [6.07, 6.45) is 2.69. The van der Waals surface area contributed by atoms with Crippen molar-refractivity contribution in [1.29, 1.82) is 0 Å². The third-order valence-electron chi connectivity index (χ3n) is 3.77. The van der Waals surface area contributed by atoms with Crippen molar-refractivity contribution < 1.29 is 18.3 Å². The Morgan fingerprint density at radius 1 is 1.25 bits per heavy atom. The van der Waals surface area contributed by atoms with Crippen LogP contribution in [0.4, 0.5) is 0 Å². The van der Waals surface area contributed by atoms with Gasteiger partial charge < -0.3 is 5.11 Å². The normalized spacial score (nSPS) is 24.5. The lowest BCUT2D eigenvalue weighted by molar-refractivity contribution is 0.0696. The highest BCUT2D eigenvalue weighted by Crippen LogP contribution is 2.29. The Balaban J connectivity index is 2.44. The molecule has 20 heavy (non-hydrogen) atoms. The van der Waals surface area contributed by atoms with Gasteiger partial charge in [0.25, 0.3) is 0 Å². The zero-order valence-corrected chi connectivity index (χ0v) is 12.4. The Hall–Kier alpha value is -1.40. The molecule has 0 aromatic heterocycles. The lowest BCUT2D eigenvalue weighted by Crippen LogP contribution is -2.47. The highest BCUT2D eigenvalue weighted by molar-refractivity contribution is 7.89. The van der Waals surface area contributed by atoms with Crippen LogP contribution in [0.25, 0.3) is 0 Å². The van der Waals surface area contributed by atoms with Gasteiger partial charge in [-0.1, -0.05) is 12.5 Å². The highest BCUT2D eigenvalue weighted by atomic mass is 32.2. The average molecular weight is 297 g/mol. The van der Waals surface area contributed by atoms with E-state index >= 15 is 0 Å². The van der Waals surface area contributed by atoms with Crippen molar-refractivity contribution in [2.24, 2.45) is 0 Å². The predicted molar refractivity (Wildman–Crippen MR) is 75.2 cm³/mol. The summed E-state index contributed by atoms with van der Waals surface area (Å²) in [6, 6.07) is 5.43. The van der Waals surface area contributed by atoms with Crippen molar-refractivity contribution in [3.63, 3.8) is 0 Å². The van der Waals surface area contributed by atoms with E-state index in [9.17, 15) is 13.2 Å². The first-order chi connectivity index (χ1) is 9.34. The summed E-state index contributed by atoms with van der Waals surface area (Å²) in [5, 5.41) is 8.98. The topological polar surface area (TPSA) is 74.7 Å². The van der Waals surface area contributed by atoms with E-state index in [0.29, 0.717) is 0 Å². The lowest BCUT2D eigenvalue weighted by Gasteiger charge is -2.37. The van der Waals surface area contributed by atoms with Crippen LogP contribution in [-0.4, -0.2) is 35.9 Å². The summed E-state index contributed by atoms with van der Waals surface area (Å²) in [4.78, 5) is 11.0. The van der Waals surface area contributed by atoms with E-state index in [1.54, 1.807) is 0 Å². The molecule has 1 aromatic rings. The van der Waals surface area contributed by atoms with Crippen LogP contribution in [0.1, 0.15) is 43.5 Å². The molecule has 1 fully saturated rings. The van der Waals surface area contributed by atoms with Gasteiger partial charge in [-0.15, -0.1) is 0 Å². The van der Waals surface area contributed by atoms with Crippen molar-refractivity contribution in [3.8, 4) is 0 Å². The molecule has 0 spiro atoms. The van der Waals surface area contributed by atoms with Gasteiger partial charge in [-0.05, 0) is 44.9 Å². The number of rotatable bonds is 3. The Morgan fingerprint density at radius 3 is 2.40 bits per heavy atom. The van der Waals surface area contributed by atoms with Crippen molar-refractivity contribution in [1.82, 2.24) is 4.31 Å². The Labute approximate surface area is 119 Å². The zero-order chi connectivity index (χ0) is 14.9. The van der Waals surface area contributed by atoms with E-state index in [2.05, 4.69) is 0 Å². The summed E-state index contributed by atoms with van der Waals surface area (Å²) in [7, 11) is -3.65. The third-order valence-corrected chi connectivity index (χ3v) is 5.89. The largest absolute Gasteiger partial charge is 0.478 e. The predicted octanol–water partition coefficient (Wildman–Crippen LogP) is 2.34. The van der Waals surface area contributed by atoms with E-state index in [0.717, 1.165) is 19.3 Å². The minimum absolute atomic E-state index is 0.0107. The van der Waals surface area contributed by atoms with Crippen LogP contribution in [0, 0.1) is 0 Å². The number of aromatic carboxylic acids is 1. The van der Waals surface area contributed by atoms with Gasteiger partial charge in [-0.2, -0.15) is 4.31 Å². The fourth-order valence-electron chi connectivity index (χ4n) is 2.78. The first-order valence-corrected chi connectivity index (χ1v) is 8.15. The van der Waals surface area contributed by atoms with Crippen LogP contribution in [-0.2, 0) is 10.0 Å². The molecule has 2 unspecified atom stereocenters. The second-order valence-corrected chi connectivity index (χ2v) is 7.14. The minimum atomic E-state index is -3.65. The van der Waals surface area contributed by atoms with Crippen LogP contribution in [0.5, 0.6) is 0 Å². The SMILES string of the molecule is CC1CCCC(C)N1S(=O)(=O)c1cccc(C(=O)O)c1. The molecule has 1 aliphatic heterocycles. The van der Waals surface area contributed by atoms with Gasteiger partial charge in [0.1, 0.15) is 0 Å². The molecule has 0 saturated carbocycles. The molecule has 0 radical (unpaired) electrons. The molecule has 2 atom stereocenters. The maximum Gasteiger partial charge on any atom is 0.335 e. The highest BCUT2D eigenvalue weighted by Gasteiger charge is 2.35. The number of nitrogens with zero attached hydrogens (tertiary/aromatic N) is 1. The van der Waals surface area contributed by atoms with E-state index in [1.807, 2.05) is 13.8 Å². The minimum Gasteiger partial charge on any atom is -0.478 e. The van der Waals surface area contributed by atoms with Crippen LogP contribution in [0.3, 0.4) is 0 Å². The number of carboxylic acids is 1. The van der Waals surface area contributed by atoms with Crippen LogP contribution in [0.2, 0.25) is 0 Å². The summed E-state index contributed by atoms with van der Waals surface area (Å²) in [6.45, 7) is 3.79. The van der Waals surface area contributed by atoms with Crippen LogP contribution in [0.15, 0.2) is 29.2 Å². The van der Waals surface area contributed by atoms with E-state index < -0.39 is 16.0 Å². The summed E-state index contributed by atoms with van der Waals surface area (Å²) >= 11 is 0. The van der Waals surface area contributed by atoms with E-state index in [-0.39, 0.29) is 22.5 Å². The number of carbonyl (C=O) groups is 1. The third kappa shape index (κ3) is 2.71. The number of piperidine rings is 1.